The smallest absolute Gasteiger partial charge is 0.420 e. The van der Waals surface area contributed by atoms with Gasteiger partial charge >= 0.3 is 6.18 Å². The molecule has 4 nitrogen and oxygen atoms in total. The third-order valence-electron chi connectivity index (χ3n) is 3.30. The van der Waals surface area contributed by atoms with Crippen LogP contribution in [0.5, 0.6) is 5.75 Å². The molecule has 3 rings (SSSR count). The highest BCUT2D eigenvalue weighted by Crippen LogP contribution is 2.37. The molecule has 0 amide bonds. The van der Waals surface area contributed by atoms with Gasteiger partial charge in [0.05, 0.1) is 18.9 Å². The van der Waals surface area contributed by atoms with Crippen LogP contribution in [0.15, 0.2) is 49.1 Å². The Kier molecular flexibility index (Phi) is 3.81. The number of rotatable bonds is 3. The molecule has 3 aromatic rings. The summed E-state index contributed by atoms with van der Waals surface area (Å²) >= 11 is 6.00. The number of imidazole rings is 1. The molecule has 120 valence electrons. The first kappa shape index (κ1) is 15.5. The lowest BCUT2D eigenvalue weighted by Gasteiger charge is -2.13. The minimum Gasteiger partial charge on any atom is -0.496 e. The second kappa shape index (κ2) is 5.66. The Morgan fingerprint density at radius 2 is 2.00 bits per heavy atom. The number of methoxy groups -OCH3 is 1. The zero-order chi connectivity index (χ0) is 16.6. The molecule has 0 N–H and O–H groups in total. The highest BCUT2D eigenvalue weighted by atomic mass is 35.5. The van der Waals surface area contributed by atoms with Gasteiger partial charge in [0.2, 0.25) is 0 Å². The Morgan fingerprint density at radius 3 is 2.61 bits per heavy atom. The molecule has 0 saturated heterocycles. The first-order valence-electron chi connectivity index (χ1n) is 6.53. The molecule has 2 heterocycles. The van der Waals surface area contributed by atoms with Gasteiger partial charge in [-0.25, -0.2) is 4.98 Å². The van der Waals surface area contributed by atoms with E-state index in [0.29, 0.717) is 16.7 Å². The molecule has 0 bridgehead atoms. The maximum Gasteiger partial charge on any atom is 0.420 e. The van der Waals surface area contributed by atoms with Crippen LogP contribution in [0, 0.1) is 0 Å². The first-order chi connectivity index (χ1) is 10.9. The Bertz CT molecular complexity index is 839. The van der Waals surface area contributed by atoms with Crippen molar-refractivity contribution in [2.75, 3.05) is 7.11 Å². The van der Waals surface area contributed by atoms with Gasteiger partial charge in [-0.2, -0.15) is 13.2 Å². The fraction of sp³-hybridized carbons (Fsp3) is 0.133. The van der Waals surface area contributed by atoms with Crippen LogP contribution in [0.2, 0.25) is 5.15 Å². The van der Waals surface area contributed by atoms with E-state index in [2.05, 4.69) is 4.98 Å². The van der Waals surface area contributed by atoms with Crippen LogP contribution < -0.4 is 4.74 Å². The van der Waals surface area contributed by atoms with Gasteiger partial charge in [0.15, 0.2) is 5.82 Å². The van der Waals surface area contributed by atoms with Gasteiger partial charge in [-0.3, -0.25) is 4.57 Å². The molecule has 0 unspecified atom stereocenters. The van der Waals surface area contributed by atoms with E-state index in [9.17, 15) is 13.2 Å². The Morgan fingerprint density at radius 1 is 1.22 bits per heavy atom. The number of hydrogen-bond donors (Lipinski definition) is 0. The quantitative estimate of drug-likeness (QED) is 0.709. The number of halogens is 4. The van der Waals surface area contributed by atoms with Crippen LogP contribution in [-0.4, -0.2) is 21.2 Å². The van der Waals surface area contributed by atoms with Crippen molar-refractivity contribution in [3.8, 4) is 17.3 Å². The summed E-state index contributed by atoms with van der Waals surface area (Å²) in [6.07, 6.45) is 0.222. The minimum atomic E-state index is -4.51. The van der Waals surface area contributed by atoms with Crippen LogP contribution in [-0.2, 0) is 6.18 Å². The Labute approximate surface area is 134 Å². The molecular formula is C15H11ClF3N3O. The van der Waals surface area contributed by atoms with Crippen molar-refractivity contribution in [3.05, 3.63) is 59.8 Å². The van der Waals surface area contributed by atoms with Crippen molar-refractivity contribution in [2.24, 2.45) is 0 Å². The normalized spacial score (nSPS) is 11.7. The third kappa shape index (κ3) is 2.92. The third-order valence-corrected chi connectivity index (χ3v) is 3.61. The summed E-state index contributed by atoms with van der Waals surface area (Å²) in [5, 5.41) is 0.459. The van der Waals surface area contributed by atoms with E-state index in [1.54, 1.807) is 29.1 Å². The zero-order valence-electron chi connectivity index (χ0n) is 11.9. The summed E-state index contributed by atoms with van der Waals surface area (Å²) in [4.78, 5) is 4.16. The standard InChI is InChI=1S/C15H11ClF3N3O/c1-23-12-5-4-10(7-11(12)15(17,18)19)21-8-14(20-9-21)22-6-2-3-13(22)16/h2-9H,1H3. The molecular weight excluding hydrogens is 331 g/mol. The van der Waals surface area contributed by atoms with Crippen molar-refractivity contribution in [3.63, 3.8) is 0 Å². The maximum atomic E-state index is 13.1. The fourth-order valence-corrected chi connectivity index (χ4v) is 2.42. The van der Waals surface area contributed by atoms with E-state index in [-0.39, 0.29) is 5.75 Å². The maximum absolute atomic E-state index is 13.1. The first-order valence-corrected chi connectivity index (χ1v) is 6.91. The van der Waals surface area contributed by atoms with Crippen molar-refractivity contribution in [1.29, 1.82) is 0 Å². The highest BCUT2D eigenvalue weighted by Gasteiger charge is 2.34. The van der Waals surface area contributed by atoms with Gasteiger partial charge in [-0.15, -0.1) is 0 Å². The minimum absolute atomic E-state index is 0.227. The zero-order valence-corrected chi connectivity index (χ0v) is 12.6. The topological polar surface area (TPSA) is 32.0 Å². The number of benzene rings is 1. The summed E-state index contributed by atoms with van der Waals surface area (Å²) in [6, 6.07) is 7.25. The fourth-order valence-electron chi connectivity index (χ4n) is 2.20. The molecule has 0 aliphatic heterocycles. The molecule has 0 aliphatic rings. The van der Waals surface area contributed by atoms with Gasteiger partial charge in [-0.05, 0) is 30.3 Å². The summed E-state index contributed by atoms with van der Waals surface area (Å²) in [6.45, 7) is 0. The Hall–Kier alpha value is -2.41. The van der Waals surface area contributed by atoms with Gasteiger partial charge < -0.3 is 9.30 Å². The van der Waals surface area contributed by atoms with E-state index in [0.717, 1.165) is 6.07 Å². The lowest BCUT2D eigenvalue weighted by Crippen LogP contribution is -2.08. The average molecular weight is 342 g/mol. The predicted octanol–water partition coefficient (Wildman–Crippen LogP) is 4.34. The molecule has 0 aliphatic carbocycles. The van der Waals surface area contributed by atoms with Crippen LogP contribution in [0.4, 0.5) is 13.2 Å². The van der Waals surface area contributed by atoms with Crippen LogP contribution in [0.3, 0.4) is 0 Å². The van der Waals surface area contributed by atoms with Gasteiger partial charge in [0.1, 0.15) is 17.2 Å². The van der Waals surface area contributed by atoms with E-state index in [1.165, 1.54) is 30.1 Å². The molecule has 1 aromatic carbocycles. The predicted molar refractivity (Wildman–Crippen MR) is 79.5 cm³/mol. The van der Waals surface area contributed by atoms with Crippen molar-refractivity contribution in [2.45, 2.75) is 6.18 Å². The average Bonchev–Trinajstić information content (AvgIpc) is 3.14. The number of aromatic nitrogens is 3. The molecule has 0 radical (unpaired) electrons. The molecule has 2 aromatic heterocycles. The molecule has 23 heavy (non-hydrogen) atoms. The summed E-state index contributed by atoms with van der Waals surface area (Å²) in [5.74, 6) is 0.277. The number of alkyl halides is 3. The molecule has 0 saturated carbocycles. The summed E-state index contributed by atoms with van der Waals surface area (Å²) in [5.41, 5.74) is -0.521. The van der Waals surface area contributed by atoms with E-state index in [1.807, 2.05) is 0 Å². The van der Waals surface area contributed by atoms with E-state index < -0.39 is 11.7 Å². The lowest BCUT2D eigenvalue weighted by atomic mass is 10.1. The van der Waals surface area contributed by atoms with Gasteiger partial charge in [0.25, 0.3) is 0 Å². The van der Waals surface area contributed by atoms with E-state index >= 15 is 0 Å². The SMILES string of the molecule is COc1ccc(-n2cnc(-n3cccc3Cl)c2)cc1C(F)(F)F. The largest absolute Gasteiger partial charge is 0.496 e. The van der Waals surface area contributed by atoms with Gasteiger partial charge in [-0.1, -0.05) is 11.6 Å². The number of ether oxygens (including phenoxy) is 1. The van der Waals surface area contributed by atoms with Crippen molar-refractivity contribution >= 4 is 11.6 Å². The number of nitrogens with zero attached hydrogens (tertiary/aromatic N) is 3. The molecule has 0 fully saturated rings. The summed E-state index contributed by atoms with van der Waals surface area (Å²) in [7, 11) is 1.20. The molecule has 8 heteroatoms. The monoisotopic (exact) mass is 341 g/mol. The lowest BCUT2D eigenvalue weighted by molar-refractivity contribution is -0.138. The van der Waals surface area contributed by atoms with E-state index in [4.69, 9.17) is 16.3 Å². The van der Waals surface area contributed by atoms with Crippen molar-refractivity contribution in [1.82, 2.24) is 14.1 Å². The Balaban J connectivity index is 2.03. The van der Waals surface area contributed by atoms with Gasteiger partial charge in [0, 0.05) is 11.9 Å². The number of hydrogen-bond acceptors (Lipinski definition) is 2. The van der Waals surface area contributed by atoms with Crippen LogP contribution in [0.25, 0.3) is 11.5 Å². The van der Waals surface area contributed by atoms with Crippen LogP contribution in [0.1, 0.15) is 5.56 Å². The highest BCUT2D eigenvalue weighted by molar-refractivity contribution is 6.29. The summed E-state index contributed by atoms with van der Waals surface area (Å²) < 4.78 is 47.1. The van der Waals surface area contributed by atoms with Crippen molar-refractivity contribution < 1.29 is 17.9 Å². The molecule has 0 spiro atoms. The van der Waals surface area contributed by atoms with Crippen LogP contribution >= 0.6 is 11.6 Å². The second-order valence-electron chi connectivity index (χ2n) is 4.72. The molecule has 0 atom stereocenters. The second-order valence-corrected chi connectivity index (χ2v) is 5.11.